The maximum absolute atomic E-state index is 5.87. The number of halogens is 1. The largest absolute Gasteiger partial charge is 0.305 e. The van der Waals surface area contributed by atoms with E-state index in [4.69, 9.17) is 11.6 Å². The van der Waals surface area contributed by atoms with Gasteiger partial charge in [-0.2, -0.15) is 0 Å². The quantitative estimate of drug-likeness (QED) is 0.751. The standard InChI is InChI=1S/C12H18ClN3/c1-15(2)11-4-6-16(9-11)8-10-3-5-14-12(13)7-10/h3,5,7,11H,4,6,8-9H2,1-2H3. The van der Waals surface area contributed by atoms with Crippen molar-refractivity contribution in [1.82, 2.24) is 14.8 Å². The van der Waals surface area contributed by atoms with Crippen LogP contribution < -0.4 is 0 Å². The molecule has 0 aliphatic carbocycles. The van der Waals surface area contributed by atoms with Gasteiger partial charge in [-0.25, -0.2) is 4.98 Å². The first kappa shape index (κ1) is 11.8. The average Bonchev–Trinajstić information content (AvgIpc) is 2.66. The van der Waals surface area contributed by atoms with E-state index in [0.29, 0.717) is 11.2 Å². The van der Waals surface area contributed by atoms with E-state index in [1.54, 1.807) is 6.20 Å². The molecule has 0 amide bonds. The molecule has 1 aliphatic heterocycles. The maximum Gasteiger partial charge on any atom is 0.129 e. The van der Waals surface area contributed by atoms with E-state index in [1.165, 1.54) is 18.5 Å². The number of pyridine rings is 1. The highest BCUT2D eigenvalue weighted by molar-refractivity contribution is 6.29. The normalized spacial score (nSPS) is 21.9. The molecular formula is C12H18ClN3. The van der Waals surface area contributed by atoms with Crippen LogP contribution in [0.3, 0.4) is 0 Å². The Morgan fingerprint density at radius 2 is 2.38 bits per heavy atom. The molecule has 88 valence electrons. The third-order valence-electron chi connectivity index (χ3n) is 3.17. The van der Waals surface area contributed by atoms with Crippen molar-refractivity contribution < 1.29 is 0 Å². The second-order valence-corrected chi connectivity index (χ2v) is 5.02. The van der Waals surface area contributed by atoms with E-state index in [-0.39, 0.29) is 0 Å². The SMILES string of the molecule is CN(C)C1CCN(Cc2ccnc(Cl)c2)C1. The Kier molecular flexibility index (Phi) is 3.79. The lowest BCUT2D eigenvalue weighted by Gasteiger charge is -2.20. The highest BCUT2D eigenvalue weighted by atomic mass is 35.5. The van der Waals surface area contributed by atoms with E-state index in [1.807, 2.05) is 12.1 Å². The van der Waals surface area contributed by atoms with Gasteiger partial charge in [0.15, 0.2) is 0 Å². The number of aromatic nitrogens is 1. The van der Waals surface area contributed by atoms with E-state index < -0.39 is 0 Å². The van der Waals surface area contributed by atoms with Gasteiger partial charge in [-0.1, -0.05) is 11.6 Å². The van der Waals surface area contributed by atoms with Crippen LogP contribution in [-0.2, 0) is 6.54 Å². The molecule has 0 spiro atoms. The maximum atomic E-state index is 5.87. The fraction of sp³-hybridized carbons (Fsp3) is 0.583. The van der Waals surface area contributed by atoms with Crippen molar-refractivity contribution in [2.45, 2.75) is 19.0 Å². The fourth-order valence-corrected chi connectivity index (χ4v) is 2.37. The van der Waals surface area contributed by atoms with Gasteiger partial charge in [0, 0.05) is 31.9 Å². The molecule has 3 nitrogen and oxygen atoms in total. The van der Waals surface area contributed by atoms with Gasteiger partial charge in [0.1, 0.15) is 5.15 Å². The summed E-state index contributed by atoms with van der Waals surface area (Å²) in [5, 5.41) is 0.584. The summed E-state index contributed by atoms with van der Waals surface area (Å²) in [4.78, 5) is 8.77. The summed E-state index contributed by atoms with van der Waals surface area (Å²) in [5.74, 6) is 0. The van der Waals surface area contributed by atoms with Crippen LogP contribution in [0.2, 0.25) is 5.15 Å². The fourth-order valence-electron chi connectivity index (χ4n) is 2.18. The zero-order valence-corrected chi connectivity index (χ0v) is 10.6. The monoisotopic (exact) mass is 239 g/mol. The molecule has 1 aromatic rings. The summed E-state index contributed by atoms with van der Waals surface area (Å²) in [7, 11) is 4.30. The van der Waals surface area contributed by atoms with Gasteiger partial charge in [0.05, 0.1) is 0 Å². The van der Waals surface area contributed by atoms with Crippen LogP contribution in [0.5, 0.6) is 0 Å². The van der Waals surface area contributed by atoms with Gasteiger partial charge in [0.2, 0.25) is 0 Å². The molecule has 1 saturated heterocycles. The first-order valence-electron chi connectivity index (χ1n) is 5.64. The molecule has 2 heterocycles. The molecule has 0 N–H and O–H groups in total. The summed E-state index contributed by atoms with van der Waals surface area (Å²) < 4.78 is 0. The Bertz CT molecular complexity index is 354. The third kappa shape index (κ3) is 2.94. The molecule has 2 rings (SSSR count). The van der Waals surface area contributed by atoms with Crippen molar-refractivity contribution in [3.63, 3.8) is 0 Å². The van der Waals surface area contributed by atoms with Crippen LogP contribution in [-0.4, -0.2) is 48.0 Å². The van der Waals surface area contributed by atoms with Crippen LogP contribution in [0.4, 0.5) is 0 Å². The van der Waals surface area contributed by atoms with Gasteiger partial charge < -0.3 is 4.90 Å². The van der Waals surface area contributed by atoms with Crippen molar-refractivity contribution in [2.75, 3.05) is 27.2 Å². The number of hydrogen-bond acceptors (Lipinski definition) is 3. The lowest BCUT2D eigenvalue weighted by Crippen LogP contribution is -2.31. The van der Waals surface area contributed by atoms with Crippen LogP contribution in [0, 0.1) is 0 Å². The first-order chi connectivity index (χ1) is 7.65. The molecule has 1 atom stereocenters. The number of rotatable bonds is 3. The summed E-state index contributed by atoms with van der Waals surface area (Å²) in [6.45, 7) is 3.29. The second kappa shape index (κ2) is 5.13. The predicted octanol–water partition coefficient (Wildman–Crippen LogP) is 1.87. The van der Waals surface area contributed by atoms with E-state index in [0.717, 1.165) is 13.1 Å². The van der Waals surface area contributed by atoms with E-state index in [2.05, 4.69) is 28.9 Å². The van der Waals surface area contributed by atoms with Crippen LogP contribution >= 0.6 is 11.6 Å². The summed E-state index contributed by atoms with van der Waals surface area (Å²) in [5.41, 5.74) is 1.25. The first-order valence-corrected chi connectivity index (χ1v) is 6.02. The zero-order chi connectivity index (χ0) is 11.5. The molecule has 4 heteroatoms. The molecule has 0 aromatic carbocycles. The van der Waals surface area contributed by atoms with Crippen molar-refractivity contribution in [2.24, 2.45) is 0 Å². The molecule has 0 saturated carbocycles. The Balaban J connectivity index is 1.92. The minimum atomic E-state index is 0.584. The van der Waals surface area contributed by atoms with Crippen molar-refractivity contribution in [1.29, 1.82) is 0 Å². The van der Waals surface area contributed by atoms with Gasteiger partial charge in [-0.15, -0.1) is 0 Å². The van der Waals surface area contributed by atoms with Crippen molar-refractivity contribution in [3.05, 3.63) is 29.0 Å². The molecule has 1 aromatic heterocycles. The highest BCUT2D eigenvalue weighted by Gasteiger charge is 2.23. The molecular weight excluding hydrogens is 222 g/mol. The number of nitrogens with zero attached hydrogens (tertiary/aromatic N) is 3. The van der Waals surface area contributed by atoms with E-state index in [9.17, 15) is 0 Å². The molecule has 16 heavy (non-hydrogen) atoms. The third-order valence-corrected chi connectivity index (χ3v) is 3.38. The minimum absolute atomic E-state index is 0.584. The van der Waals surface area contributed by atoms with E-state index >= 15 is 0 Å². The number of hydrogen-bond donors (Lipinski definition) is 0. The van der Waals surface area contributed by atoms with Crippen molar-refractivity contribution >= 4 is 11.6 Å². The predicted molar refractivity (Wildman–Crippen MR) is 66.6 cm³/mol. The highest BCUT2D eigenvalue weighted by Crippen LogP contribution is 2.17. The zero-order valence-electron chi connectivity index (χ0n) is 9.86. The molecule has 0 bridgehead atoms. The lowest BCUT2D eigenvalue weighted by atomic mass is 10.2. The van der Waals surface area contributed by atoms with Crippen LogP contribution in [0.1, 0.15) is 12.0 Å². The molecule has 1 aliphatic rings. The van der Waals surface area contributed by atoms with Gasteiger partial charge in [-0.3, -0.25) is 4.90 Å². The Hall–Kier alpha value is -0.640. The average molecular weight is 240 g/mol. The molecule has 1 fully saturated rings. The smallest absolute Gasteiger partial charge is 0.129 e. The molecule has 0 radical (unpaired) electrons. The number of likely N-dealkylation sites (tertiary alicyclic amines) is 1. The number of likely N-dealkylation sites (N-methyl/N-ethyl adjacent to an activating group) is 1. The Labute approximate surface area is 102 Å². The Morgan fingerprint density at radius 1 is 1.56 bits per heavy atom. The van der Waals surface area contributed by atoms with Crippen LogP contribution in [0.25, 0.3) is 0 Å². The second-order valence-electron chi connectivity index (χ2n) is 4.63. The van der Waals surface area contributed by atoms with Crippen LogP contribution in [0.15, 0.2) is 18.3 Å². The van der Waals surface area contributed by atoms with Gasteiger partial charge >= 0.3 is 0 Å². The minimum Gasteiger partial charge on any atom is -0.305 e. The van der Waals surface area contributed by atoms with Crippen molar-refractivity contribution in [3.8, 4) is 0 Å². The Morgan fingerprint density at radius 3 is 3.00 bits per heavy atom. The summed E-state index contributed by atoms with van der Waals surface area (Å²) in [6.07, 6.45) is 3.03. The summed E-state index contributed by atoms with van der Waals surface area (Å²) >= 11 is 5.87. The lowest BCUT2D eigenvalue weighted by molar-refractivity contribution is 0.264. The topological polar surface area (TPSA) is 19.4 Å². The summed E-state index contributed by atoms with van der Waals surface area (Å²) in [6, 6.07) is 4.68. The van der Waals surface area contributed by atoms with Gasteiger partial charge in [0.25, 0.3) is 0 Å². The van der Waals surface area contributed by atoms with Gasteiger partial charge in [-0.05, 0) is 38.2 Å². The molecule has 1 unspecified atom stereocenters.